The molecule has 0 saturated carbocycles. The van der Waals surface area contributed by atoms with Crippen LogP contribution in [-0.4, -0.2) is 59.3 Å². The smallest absolute Gasteiger partial charge is 0.319 e. The molecule has 12 heteroatoms. The first-order chi connectivity index (χ1) is 18.6. The van der Waals surface area contributed by atoms with Crippen molar-refractivity contribution in [2.24, 2.45) is 10.4 Å². The van der Waals surface area contributed by atoms with Gasteiger partial charge in [-0.2, -0.15) is 19.8 Å². The Labute approximate surface area is 221 Å². The van der Waals surface area contributed by atoms with Gasteiger partial charge in [0, 0.05) is 47.3 Å². The maximum atomic E-state index is 16.3. The lowest BCUT2D eigenvalue weighted by atomic mass is 10.0. The largest absolute Gasteiger partial charge is 0.461 e. The first-order valence-corrected chi connectivity index (χ1v) is 12.7. The molecule has 0 aliphatic carbocycles. The topological polar surface area (TPSA) is 122 Å². The van der Waals surface area contributed by atoms with Crippen LogP contribution in [0.1, 0.15) is 12.8 Å². The number of benzene rings is 2. The van der Waals surface area contributed by atoms with Crippen LogP contribution in [0.5, 0.6) is 6.01 Å². The third-order valence-electron chi connectivity index (χ3n) is 7.11. The van der Waals surface area contributed by atoms with E-state index in [0.29, 0.717) is 52.3 Å². The fourth-order valence-electron chi connectivity index (χ4n) is 5.35. The van der Waals surface area contributed by atoms with Crippen molar-refractivity contribution in [3.05, 3.63) is 63.2 Å². The van der Waals surface area contributed by atoms with Crippen LogP contribution in [-0.2, 0) is 0 Å². The van der Waals surface area contributed by atoms with Gasteiger partial charge in [0.15, 0.2) is 5.82 Å². The van der Waals surface area contributed by atoms with E-state index in [0.717, 1.165) is 18.2 Å². The summed E-state index contributed by atoms with van der Waals surface area (Å²) >= 11 is 6.51. The highest BCUT2D eigenvalue weighted by atomic mass is 35.5. The molecule has 2 aliphatic heterocycles. The zero-order chi connectivity index (χ0) is 26.2. The first kappa shape index (κ1) is 24.5. The number of hydrogen-bond acceptors (Lipinski definition) is 10. The molecule has 38 heavy (non-hydrogen) atoms. The maximum Gasteiger partial charge on any atom is 0.319 e. The number of nitrogens with zero attached hydrogens (tertiary/aromatic N) is 6. The number of hydrogen-bond donors (Lipinski definition) is 1. The van der Waals surface area contributed by atoms with Crippen LogP contribution in [0.3, 0.4) is 0 Å². The Morgan fingerprint density at radius 3 is 2.63 bits per heavy atom. The molecule has 2 fully saturated rings. The number of anilines is 1. The second-order valence-corrected chi connectivity index (χ2v) is 9.99. The minimum atomic E-state index is -0.999. The fourth-order valence-corrected chi connectivity index (χ4v) is 5.63. The van der Waals surface area contributed by atoms with Crippen LogP contribution in [0.25, 0.3) is 32.9 Å². The molecule has 2 aromatic heterocycles. The van der Waals surface area contributed by atoms with Gasteiger partial charge in [0.2, 0.25) is 0 Å². The van der Waals surface area contributed by atoms with Gasteiger partial charge in [-0.25, -0.2) is 4.39 Å². The number of fused-ring (bicyclic) bond motifs is 4. The van der Waals surface area contributed by atoms with Gasteiger partial charge >= 0.3 is 6.01 Å². The van der Waals surface area contributed by atoms with Gasteiger partial charge in [0.05, 0.1) is 5.39 Å². The molecule has 194 valence electrons. The van der Waals surface area contributed by atoms with Crippen molar-refractivity contribution in [2.75, 3.05) is 31.1 Å². The molecule has 4 aromatic rings. The van der Waals surface area contributed by atoms with E-state index in [1.165, 1.54) is 0 Å². The summed E-state index contributed by atoms with van der Waals surface area (Å²) in [6, 6.07) is 10.5. The molecule has 2 saturated heterocycles. The number of piperazine rings is 1. The molecule has 2 bridgehead atoms. The Hall–Kier alpha value is -3.83. The molecule has 6 rings (SSSR count). The van der Waals surface area contributed by atoms with Gasteiger partial charge < -0.3 is 15.0 Å². The summed E-state index contributed by atoms with van der Waals surface area (Å²) in [5, 5.41) is 11.6. The Morgan fingerprint density at radius 1 is 1.13 bits per heavy atom. The normalized spacial score (nSPS) is 19.6. The van der Waals surface area contributed by atoms with Gasteiger partial charge in [-0.15, -0.1) is 0 Å². The molecule has 2 aliphatic rings. The van der Waals surface area contributed by atoms with Crippen molar-refractivity contribution in [1.29, 1.82) is 0 Å². The molecule has 3 unspecified atom stereocenters. The lowest BCUT2D eigenvalue weighted by Gasteiger charge is -2.34. The van der Waals surface area contributed by atoms with Gasteiger partial charge in [0.1, 0.15) is 36.2 Å². The van der Waals surface area contributed by atoms with Crippen molar-refractivity contribution < 1.29 is 9.13 Å². The number of halogens is 2. The average molecular weight is 536 g/mol. The van der Waals surface area contributed by atoms with Gasteiger partial charge in [-0.3, -0.25) is 4.98 Å². The summed E-state index contributed by atoms with van der Waals surface area (Å²) in [6.45, 7) is 0.788. The summed E-state index contributed by atoms with van der Waals surface area (Å²) in [4.78, 5) is 37.2. The van der Waals surface area contributed by atoms with Crippen LogP contribution in [0.2, 0.25) is 5.02 Å². The molecule has 3 atom stereocenters. The molecule has 0 radical (unpaired) electrons. The Morgan fingerprint density at radius 2 is 1.89 bits per heavy atom. The second kappa shape index (κ2) is 10.1. The quantitative estimate of drug-likeness (QED) is 0.317. The third kappa shape index (κ3) is 4.41. The summed E-state index contributed by atoms with van der Waals surface area (Å²) in [7, 11) is 0. The summed E-state index contributed by atoms with van der Waals surface area (Å²) in [6.07, 6.45) is 3.69. The molecule has 2 aromatic carbocycles. The number of rotatable bonds is 8. The van der Waals surface area contributed by atoms with E-state index in [1.54, 1.807) is 18.3 Å². The first-order valence-electron chi connectivity index (χ1n) is 12.3. The lowest BCUT2D eigenvalue weighted by Crippen LogP contribution is -2.51. The Bertz CT molecular complexity index is 1540. The number of ether oxygens (including phenoxy) is 1. The van der Waals surface area contributed by atoms with Crippen molar-refractivity contribution in [3.8, 4) is 17.3 Å². The standard InChI is InChI=1S/C26H23ClFN7O3/c27-20-6-2-4-14-3-1-5-18(21(14)20)23-22(28)24-19(10-29-23)25(35-11-15-7-8-16(12-35)31-15)33-26(32-24)38-13-17(34-37)9-30-36/h1-6,10,15-17,31H,7-9,11-13H2. The van der Waals surface area contributed by atoms with Gasteiger partial charge in [-0.1, -0.05) is 52.3 Å². The van der Waals surface area contributed by atoms with Crippen LogP contribution in [0.15, 0.2) is 52.9 Å². The van der Waals surface area contributed by atoms with E-state index in [1.807, 2.05) is 24.3 Å². The number of nitrogens with one attached hydrogen (secondary N) is 1. The molecule has 10 nitrogen and oxygen atoms in total. The monoisotopic (exact) mass is 535 g/mol. The van der Waals surface area contributed by atoms with E-state index < -0.39 is 11.9 Å². The molecule has 0 amide bonds. The predicted octanol–water partition coefficient (Wildman–Crippen LogP) is 4.86. The lowest BCUT2D eigenvalue weighted by molar-refractivity contribution is 0.270. The van der Waals surface area contributed by atoms with Gasteiger partial charge in [-0.05, 0) is 24.3 Å². The second-order valence-electron chi connectivity index (χ2n) is 9.58. The number of aromatic nitrogens is 3. The fraction of sp³-hybridized carbons (Fsp3) is 0.346. The maximum absolute atomic E-state index is 16.3. The van der Waals surface area contributed by atoms with Crippen molar-refractivity contribution >= 4 is 39.1 Å². The zero-order valence-electron chi connectivity index (χ0n) is 20.2. The number of pyridine rings is 1. The van der Waals surface area contributed by atoms with Crippen molar-refractivity contribution in [3.63, 3.8) is 0 Å². The van der Waals surface area contributed by atoms with Gasteiger partial charge in [0.25, 0.3) is 0 Å². The van der Waals surface area contributed by atoms with Crippen molar-refractivity contribution in [2.45, 2.75) is 31.0 Å². The van der Waals surface area contributed by atoms with Crippen molar-refractivity contribution in [1.82, 2.24) is 20.3 Å². The molecular formula is C26H23ClFN7O3. The van der Waals surface area contributed by atoms with Crippen LogP contribution < -0.4 is 15.0 Å². The van der Waals surface area contributed by atoms with E-state index in [9.17, 15) is 9.81 Å². The van der Waals surface area contributed by atoms with E-state index in [-0.39, 0.29) is 30.4 Å². The zero-order valence-corrected chi connectivity index (χ0v) is 20.9. The molecule has 1 N–H and O–H groups in total. The van der Waals surface area contributed by atoms with Crippen LogP contribution in [0.4, 0.5) is 10.2 Å². The highest BCUT2D eigenvalue weighted by molar-refractivity contribution is 6.36. The average Bonchev–Trinajstić information content (AvgIpc) is 3.28. The Balaban J connectivity index is 1.49. The summed E-state index contributed by atoms with van der Waals surface area (Å²) < 4.78 is 21.9. The number of nitroso groups, excluding NO2 is 2. The third-order valence-corrected chi connectivity index (χ3v) is 7.42. The SMILES string of the molecule is O=NCC(COc1nc(N2CC3CCC(C2)N3)c2cnc(-c3cccc4cccc(Cl)c34)c(F)c2n1)N=O. The highest BCUT2D eigenvalue weighted by Gasteiger charge is 2.34. The van der Waals surface area contributed by atoms with Crippen LogP contribution in [0, 0.1) is 15.6 Å². The highest BCUT2D eigenvalue weighted by Crippen LogP contribution is 2.38. The summed E-state index contributed by atoms with van der Waals surface area (Å²) in [5.41, 5.74) is 0.677. The molecule has 0 spiro atoms. The van der Waals surface area contributed by atoms with Crippen LogP contribution >= 0.6 is 11.6 Å². The minimum Gasteiger partial charge on any atom is -0.461 e. The van der Waals surface area contributed by atoms with E-state index >= 15 is 4.39 Å². The predicted molar refractivity (Wildman–Crippen MR) is 143 cm³/mol. The molecular weight excluding hydrogens is 513 g/mol. The molecule has 4 heterocycles. The minimum absolute atomic E-state index is 0.0362. The summed E-state index contributed by atoms with van der Waals surface area (Å²) in [5.74, 6) is -0.137. The Kier molecular flexibility index (Phi) is 6.54. The van der Waals surface area contributed by atoms with E-state index in [2.05, 4.69) is 35.5 Å². The van der Waals surface area contributed by atoms with E-state index in [4.69, 9.17) is 16.3 Å².